The van der Waals surface area contributed by atoms with Crippen molar-refractivity contribution >= 4 is 23.8 Å². The lowest BCUT2D eigenvalue weighted by molar-refractivity contribution is -0.143. The summed E-state index contributed by atoms with van der Waals surface area (Å²) in [5.41, 5.74) is 7.20. The summed E-state index contributed by atoms with van der Waals surface area (Å²) in [6.45, 7) is 9.79. The van der Waals surface area contributed by atoms with E-state index in [9.17, 15) is 19.2 Å². The molecule has 0 spiro atoms. The van der Waals surface area contributed by atoms with Crippen molar-refractivity contribution in [2.75, 3.05) is 6.54 Å². The summed E-state index contributed by atoms with van der Waals surface area (Å²) in [5, 5.41) is 5.62. The zero-order valence-corrected chi connectivity index (χ0v) is 25.1. The van der Waals surface area contributed by atoms with E-state index in [2.05, 4.69) is 17.6 Å². The zero-order valence-electron chi connectivity index (χ0n) is 25.1. The number of hydrogen-bond acceptors (Lipinski definition) is 5. The summed E-state index contributed by atoms with van der Waals surface area (Å²) in [7, 11) is 0. The van der Waals surface area contributed by atoms with Crippen LogP contribution < -0.4 is 16.4 Å². The number of alkyl carbamates (subject to hydrolysis) is 1. The molecule has 4 N–H and O–H groups in total. The number of nitrogens with zero attached hydrogens (tertiary/aromatic N) is 1. The topological polar surface area (TPSA) is 131 Å². The molecule has 0 saturated carbocycles. The number of aryl methyl sites for hydroxylation is 1. The van der Waals surface area contributed by atoms with Gasteiger partial charge < -0.3 is 26.0 Å². The molecule has 0 aliphatic heterocycles. The summed E-state index contributed by atoms with van der Waals surface area (Å²) in [5.74, 6) is -1.42. The van der Waals surface area contributed by atoms with E-state index < -0.39 is 35.6 Å². The van der Waals surface area contributed by atoms with Gasteiger partial charge in [0.1, 0.15) is 17.7 Å². The van der Waals surface area contributed by atoms with E-state index in [1.54, 1.807) is 20.8 Å². The molecule has 9 heteroatoms. The SMILES string of the molecule is CCCCCCN(C(=O)C(CCC(N)=O)NC(=O)OC(C)(C)C)C(C(=O)NCc1ccccc1)c1ccc(C)cc1. The molecule has 2 unspecified atom stereocenters. The summed E-state index contributed by atoms with van der Waals surface area (Å²) < 4.78 is 5.40. The molecule has 224 valence electrons. The van der Waals surface area contributed by atoms with Crippen LogP contribution in [0.2, 0.25) is 0 Å². The number of nitrogens with two attached hydrogens (primary N) is 1. The third-order valence-electron chi connectivity index (χ3n) is 6.47. The summed E-state index contributed by atoms with van der Waals surface area (Å²) in [6.07, 6.45) is 2.61. The maximum absolute atomic E-state index is 14.2. The molecule has 2 aromatic rings. The van der Waals surface area contributed by atoms with Crippen LogP contribution in [0, 0.1) is 6.92 Å². The number of nitrogens with one attached hydrogen (secondary N) is 2. The van der Waals surface area contributed by atoms with Crippen LogP contribution in [-0.4, -0.2) is 46.9 Å². The minimum Gasteiger partial charge on any atom is -0.444 e. The van der Waals surface area contributed by atoms with Crippen molar-refractivity contribution in [1.82, 2.24) is 15.5 Å². The first-order valence-corrected chi connectivity index (χ1v) is 14.4. The molecule has 0 aliphatic carbocycles. The quantitative estimate of drug-likeness (QED) is 0.263. The Hall–Kier alpha value is -3.88. The van der Waals surface area contributed by atoms with E-state index in [4.69, 9.17) is 10.5 Å². The lowest BCUT2D eigenvalue weighted by Crippen LogP contribution is -2.53. The van der Waals surface area contributed by atoms with Gasteiger partial charge >= 0.3 is 6.09 Å². The van der Waals surface area contributed by atoms with E-state index >= 15 is 0 Å². The van der Waals surface area contributed by atoms with Gasteiger partial charge in [-0.3, -0.25) is 14.4 Å². The Bertz CT molecular complexity index is 1130. The average molecular weight is 567 g/mol. The summed E-state index contributed by atoms with van der Waals surface area (Å²) in [6, 6.07) is 14.9. The van der Waals surface area contributed by atoms with Gasteiger partial charge in [-0.25, -0.2) is 4.79 Å². The zero-order chi connectivity index (χ0) is 30.4. The fourth-order valence-corrected chi connectivity index (χ4v) is 4.37. The smallest absolute Gasteiger partial charge is 0.408 e. The van der Waals surface area contributed by atoms with Crippen molar-refractivity contribution in [3.63, 3.8) is 0 Å². The first kappa shape index (κ1) is 33.3. The molecule has 0 aromatic heterocycles. The van der Waals surface area contributed by atoms with Crippen molar-refractivity contribution in [2.45, 2.75) is 97.4 Å². The van der Waals surface area contributed by atoms with E-state index in [-0.39, 0.29) is 18.7 Å². The number of carbonyl (C=O) groups excluding carboxylic acids is 4. The molecule has 0 radical (unpaired) electrons. The Kier molecular flexibility index (Phi) is 13.3. The molecular weight excluding hydrogens is 520 g/mol. The molecule has 2 rings (SSSR count). The van der Waals surface area contributed by atoms with Crippen LogP contribution in [0.4, 0.5) is 4.79 Å². The molecule has 0 fully saturated rings. The molecule has 0 saturated heterocycles. The second kappa shape index (κ2) is 16.4. The minimum absolute atomic E-state index is 0.0227. The van der Waals surface area contributed by atoms with Gasteiger partial charge in [0.15, 0.2) is 0 Å². The second-order valence-corrected chi connectivity index (χ2v) is 11.3. The molecule has 0 bridgehead atoms. The predicted octanol–water partition coefficient (Wildman–Crippen LogP) is 4.92. The lowest BCUT2D eigenvalue weighted by atomic mass is 9.99. The number of carbonyl (C=O) groups is 4. The monoisotopic (exact) mass is 566 g/mol. The summed E-state index contributed by atoms with van der Waals surface area (Å²) >= 11 is 0. The molecule has 0 aliphatic rings. The van der Waals surface area contributed by atoms with Crippen LogP contribution in [0.1, 0.15) is 89.0 Å². The maximum Gasteiger partial charge on any atom is 0.408 e. The van der Waals surface area contributed by atoms with Gasteiger partial charge in [-0.2, -0.15) is 0 Å². The normalized spacial score (nSPS) is 12.6. The van der Waals surface area contributed by atoms with E-state index in [0.29, 0.717) is 25.1 Å². The molecule has 41 heavy (non-hydrogen) atoms. The Balaban J connectivity index is 2.47. The second-order valence-electron chi connectivity index (χ2n) is 11.3. The minimum atomic E-state index is -1.11. The van der Waals surface area contributed by atoms with Crippen LogP contribution in [-0.2, 0) is 25.7 Å². The number of hydrogen-bond donors (Lipinski definition) is 3. The molecule has 0 heterocycles. The van der Waals surface area contributed by atoms with Gasteiger partial charge in [0, 0.05) is 19.5 Å². The van der Waals surface area contributed by atoms with Gasteiger partial charge in [0.2, 0.25) is 17.7 Å². The first-order valence-electron chi connectivity index (χ1n) is 14.4. The molecule has 2 aromatic carbocycles. The Morgan fingerprint density at radius 3 is 2.20 bits per heavy atom. The van der Waals surface area contributed by atoms with Crippen LogP contribution in [0.15, 0.2) is 54.6 Å². The van der Waals surface area contributed by atoms with Gasteiger partial charge in [-0.05, 0) is 51.7 Å². The predicted molar refractivity (Wildman–Crippen MR) is 160 cm³/mol. The average Bonchev–Trinajstić information content (AvgIpc) is 2.91. The number of unbranched alkanes of at least 4 members (excludes halogenated alkanes) is 3. The third kappa shape index (κ3) is 12.0. The Morgan fingerprint density at radius 1 is 0.951 bits per heavy atom. The van der Waals surface area contributed by atoms with Crippen molar-refractivity contribution in [1.29, 1.82) is 0 Å². The highest BCUT2D eigenvalue weighted by Crippen LogP contribution is 2.25. The number of primary amides is 1. The maximum atomic E-state index is 14.2. The fourth-order valence-electron chi connectivity index (χ4n) is 4.37. The fraction of sp³-hybridized carbons (Fsp3) is 0.500. The van der Waals surface area contributed by atoms with Crippen molar-refractivity contribution in [3.8, 4) is 0 Å². The first-order chi connectivity index (χ1) is 19.4. The molecule has 4 amide bonds. The van der Waals surface area contributed by atoms with Crippen LogP contribution in [0.25, 0.3) is 0 Å². The van der Waals surface area contributed by atoms with Gasteiger partial charge in [-0.1, -0.05) is 86.3 Å². The van der Waals surface area contributed by atoms with Crippen molar-refractivity contribution in [3.05, 3.63) is 71.3 Å². The van der Waals surface area contributed by atoms with Crippen LogP contribution in [0.5, 0.6) is 0 Å². The van der Waals surface area contributed by atoms with Crippen molar-refractivity contribution < 1.29 is 23.9 Å². The standard InChI is InChI=1S/C32H46N4O5/c1-6-7-8-12-21-36(30(39)26(19-20-27(33)37)35-31(40)41-32(3,4)5)28(25-17-15-23(2)16-18-25)29(38)34-22-24-13-10-9-11-14-24/h9-11,13-18,26,28H,6-8,12,19-22H2,1-5H3,(H2,33,37)(H,34,38)(H,35,40). The van der Waals surface area contributed by atoms with Crippen LogP contribution >= 0.6 is 0 Å². The van der Waals surface area contributed by atoms with Gasteiger partial charge in [0.05, 0.1) is 0 Å². The highest BCUT2D eigenvalue weighted by molar-refractivity contribution is 5.92. The Labute approximate surface area is 244 Å². The van der Waals surface area contributed by atoms with E-state index in [1.165, 1.54) is 4.90 Å². The van der Waals surface area contributed by atoms with Crippen LogP contribution in [0.3, 0.4) is 0 Å². The highest BCUT2D eigenvalue weighted by atomic mass is 16.6. The largest absolute Gasteiger partial charge is 0.444 e. The third-order valence-corrected chi connectivity index (χ3v) is 6.47. The number of amides is 4. The van der Waals surface area contributed by atoms with Crippen molar-refractivity contribution in [2.24, 2.45) is 5.73 Å². The highest BCUT2D eigenvalue weighted by Gasteiger charge is 2.36. The molecule has 9 nitrogen and oxygen atoms in total. The number of rotatable bonds is 15. The number of ether oxygens (including phenoxy) is 1. The lowest BCUT2D eigenvalue weighted by Gasteiger charge is -2.34. The van der Waals surface area contributed by atoms with Gasteiger partial charge in [-0.15, -0.1) is 0 Å². The molecule has 2 atom stereocenters. The number of benzene rings is 2. The summed E-state index contributed by atoms with van der Waals surface area (Å²) in [4.78, 5) is 53.9. The Morgan fingerprint density at radius 2 is 1.61 bits per heavy atom. The van der Waals surface area contributed by atoms with E-state index in [1.807, 2.05) is 61.5 Å². The molecular formula is C32H46N4O5. The van der Waals surface area contributed by atoms with Gasteiger partial charge in [0.25, 0.3) is 0 Å². The van der Waals surface area contributed by atoms with E-state index in [0.717, 1.165) is 30.4 Å².